The molecule has 0 spiro atoms. The molecule has 4 saturated carbocycles. The van der Waals surface area contributed by atoms with Gasteiger partial charge in [-0.15, -0.1) is 11.3 Å². The molecule has 5 unspecified atom stereocenters. The molecule has 5 heterocycles. The van der Waals surface area contributed by atoms with E-state index in [4.69, 9.17) is 32.9 Å². The number of nitrogens with zero attached hydrogens (tertiary/aromatic N) is 3. The minimum atomic E-state index is -1.23. The van der Waals surface area contributed by atoms with Crippen LogP contribution in [0, 0.1) is 22.2 Å². The molecule has 8 fully saturated rings. The van der Waals surface area contributed by atoms with E-state index in [-0.39, 0.29) is 58.6 Å². The third-order valence-corrected chi connectivity index (χ3v) is 16.7. The Morgan fingerprint density at radius 1 is 0.965 bits per heavy atom. The summed E-state index contributed by atoms with van der Waals surface area (Å²) in [5.41, 5.74) is -1.28. The predicted octanol–water partition coefficient (Wildman–Crippen LogP) is 8.35. The number of fused-ring (bicyclic) bond motifs is 1. The maximum Gasteiger partial charge on any atom is 0.234 e. The Labute approximate surface area is 349 Å². The summed E-state index contributed by atoms with van der Waals surface area (Å²) in [6, 6.07) is 9.31. The van der Waals surface area contributed by atoms with Crippen molar-refractivity contribution in [3.8, 4) is 5.75 Å². The average molecular weight is 837 g/mol. The molecule has 8 bridgehead atoms. The van der Waals surface area contributed by atoms with E-state index < -0.39 is 22.0 Å². The summed E-state index contributed by atoms with van der Waals surface area (Å²) in [6.07, 6.45) is 8.51. The molecule has 10 nitrogen and oxygen atoms in total. The van der Waals surface area contributed by atoms with Gasteiger partial charge >= 0.3 is 0 Å². The topological polar surface area (TPSA) is 139 Å². The lowest BCUT2D eigenvalue weighted by Crippen LogP contribution is -2.70. The van der Waals surface area contributed by atoms with E-state index in [0.717, 1.165) is 53.7 Å². The van der Waals surface area contributed by atoms with Crippen molar-refractivity contribution in [1.29, 1.82) is 5.41 Å². The number of aromatic nitrogens is 1. The predicted molar refractivity (Wildman–Crippen MR) is 225 cm³/mol. The van der Waals surface area contributed by atoms with Crippen LogP contribution in [0.25, 0.3) is 10.2 Å². The minimum Gasteiger partial charge on any atom is -0.495 e. The number of halogens is 2. The molecule has 4 aliphatic heterocycles. The van der Waals surface area contributed by atoms with Crippen LogP contribution in [-0.4, -0.2) is 91.5 Å². The van der Waals surface area contributed by atoms with Crippen molar-refractivity contribution >= 4 is 68.0 Å². The maximum atomic E-state index is 14.6. The number of methoxy groups -OCH3 is 1. The van der Waals surface area contributed by atoms with E-state index in [2.05, 4.69) is 24.1 Å². The average Bonchev–Trinajstić information content (AvgIpc) is 3.53. The maximum absolute atomic E-state index is 14.6. The number of nitrogens with one attached hydrogen (secondary N) is 2. The summed E-state index contributed by atoms with van der Waals surface area (Å²) >= 11 is 15.0. The number of piperidine rings is 4. The monoisotopic (exact) mass is 835 g/mol. The molecule has 306 valence electrons. The zero-order chi connectivity index (χ0) is 40.4. The number of rotatable bonds is 11. The molecule has 4 N–H and O–H groups in total. The summed E-state index contributed by atoms with van der Waals surface area (Å²) in [6.45, 7) is 8.38. The number of amides is 2. The Hall–Kier alpha value is -2.96. The second-order valence-corrected chi connectivity index (χ2v) is 21.7. The molecule has 3 aromatic rings. The van der Waals surface area contributed by atoms with Crippen LogP contribution in [0.3, 0.4) is 0 Å². The summed E-state index contributed by atoms with van der Waals surface area (Å²) in [5.74, 6) is 0.871. The third kappa shape index (κ3) is 6.66. The highest BCUT2D eigenvalue weighted by Crippen LogP contribution is 2.58. The largest absolute Gasteiger partial charge is 0.495 e. The Morgan fingerprint density at radius 2 is 1.63 bits per heavy atom. The van der Waals surface area contributed by atoms with Crippen molar-refractivity contribution in [2.45, 2.75) is 146 Å². The Morgan fingerprint density at radius 3 is 2.26 bits per heavy atom. The van der Waals surface area contributed by atoms with Gasteiger partial charge in [-0.3, -0.25) is 9.59 Å². The molecular weight excluding hydrogens is 781 g/mol. The van der Waals surface area contributed by atoms with Crippen molar-refractivity contribution in [2.24, 2.45) is 16.7 Å². The first kappa shape index (κ1) is 39.5. The summed E-state index contributed by atoms with van der Waals surface area (Å²) in [7, 11) is 1.54. The van der Waals surface area contributed by atoms with E-state index in [1.165, 1.54) is 7.11 Å². The van der Waals surface area contributed by atoms with Crippen LogP contribution in [0.15, 0.2) is 30.3 Å². The lowest BCUT2D eigenvalue weighted by Gasteiger charge is -2.64. The highest BCUT2D eigenvalue weighted by molar-refractivity contribution is 7.18. The highest BCUT2D eigenvalue weighted by Gasteiger charge is 2.61. The smallest absolute Gasteiger partial charge is 0.234 e. The van der Waals surface area contributed by atoms with E-state index in [9.17, 15) is 25.2 Å². The van der Waals surface area contributed by atoms with Crippen molar-refractivity contribution < 1.29 is 24.5 Å². The number of aliphatic hydroxyl groups is 2. The summed E-state index contributed by atoms with van der Waals surface area (Å²) in [5, 5.41) is 37.6. The second kappa shape index (κ2) is 13.5. The molecule has 4 saturated heterocycles. The number of anilines is 1. The number of thiazole rings is 1. The molecule has 2 amide bonds. The van der Waals surface area contributed by atoms with E-state index in [0.29, 0.717) is 66.6 Å². The molecular formula is C44H55Cl2N5O5S. The lowest BCUT2D eigenvalue weighted by molar-refractivity contribution is -0.196. The Balaban J connectivity index is 0.983. The fourth-order valence-corrected chi connectivity index (χ4v) is 14.3. The van der Waals surface area contributed by atoms with Gasteiger partial charge in [-0.25, -0.2) is 4.98 Å². The van der Waals surface area contributed by atoms with Gasteiger partial charge in [-0.1, -0.05) is 37.0 Å². The van der Waals surface area contributed by atoms with Gasteiger partial charge in [-0.05, 0) is 126 Å². The van der Waals surface area contributed by atoms with Crippen LogP contribution >= 0.6 is 34.5 Å². The van der Waals surface area contributed by atoms with Crippen molar-refractivity contribution in [3.63, 3.8) is 0 Å². The summed E-state index contributed by atoms with van der Waals surface area (Å²) < 4.78 is 6.59. The first-order valence-corrected chi connectivity index (χ1v) is 22.2. The highest BCUT2D eigenvalue weighted by atomic mass is 35.5. The number of hydrogen-bond donors (Lipinski definition) is 4. The number of hydrogen-bond acceptors (Lipinski definition) is 9. The van der Waals surface area contributed by atoms with Gasteiger partial charge in [0.1, 0.15) is 10.8 Å². The van der Waals surface area contributed by atoms with Gasteiger partial charge in [0, 0.05) is 58.8 Å². The standard InChI is InChI=1S/C44H55Cl2N5O5S/c1-40(2,39(53)51-28-16-41(3)17-29(51)21-44(55,20-28)23-41)37(47)35-31(8-9-32(56-5)36(35)46)48-11-10-42(4,38-49-30-7-6-25(45)14-33(30)57-38)22-34(52)50-26-12-24-13-27(50)19-43(54,15-24)18-26/h6-9,14,24,26-29,47-48,54-55H,10-13,15-23H2,1-5H3. The van der Waals surface area contributed by atoms with Crippen LogP contribution in [0.1, 0.15) is 115 Å². The second-order valence-electron chi connectivity index (χ2n) is 19.9. The summed E-state index contributed by atoms with van der Waals surface area (Å²) in [4.78, 5) is 38.3. The number of carbonyl (C=O) groups excluding carboxylic acids is 2. The molecule has 11 rings (SSSR count). The molecule has 1 aromatic heterocycles. The van der Waals surface area contributed by atoms with Gasteiger partial charge in [-0.2, -0.15) is 0 Å². The fraction of sp³-hybridized carbons (Fsp3) is 0.636. The van der Waals surface area contributed by atoms with Crippen molar-refractivity contribution in [1.82, 2.24) is 14.8 Å². The quantitative estimate of drug-likeness (QED) is 0.143. The Bertz CT molecular complexity index is 2120. The molecule has 4 aliphatic carbocycles. The van der Waals surface area contributed by atoms with Crippen LogP contribution in [0.2, 0.25) is 10.0 Å². The van der Waals surface area contributed by atoms with Crippen LogP contribution in [-0.2, 0) is 15.0 Å². The lowest BCUT2D eigenvalue weighted by atomic mass is 9.54. The van der Waals surface area contributed by atoms with E-state index in [1.54, 1.807) is 31.3 Å². The van der Waals surface area contributed by atoms with Crippen LogP contribution < -0.4 is 10.1 Å². The molecule has 0 radical (unpaired) electrons. The zero-order valence-electron chi connectivity index (χ0n) is 33.6. The fourth-order valence-electron chi connectivity index (χ4n) is 12.6. The van der Waals surface area contributed by atoms with Crippen LogP contribution in [0.5, 0.6) is 5.75 Å². The SMILES string of the molecule is COc1ccc(NCCC(C)(CC(=O)N2C3CC4CC2CC(O)(C4)C3)c2nc3ccc(Cl)cc3s2)c(C(=N)C(C)(C)C(=O)N2C3CC4(C)CC2CC(O)(C3)C4)c1Cl. The van der Waals surface area contributed by atoms with Gasteiger partial charge in [0.15, 0.2) is 0 Å². The van der Waals surface area contributed by atoms with Gasteiger partial charge in [0.2, 0.25) is 11.8 Å². The van der Waals surface area contributed by atoms with Crippen LogP contribution in [0.4, 0.5) is 5.69 Å². The molecule has 8 aliphatic rings. The van der Waals surface area contributed by atoms with Crippen molar-refractivity contribution in [2.75, 3.05) is 19.0 Å². The molecule has 2 aromatic carbocycles. The normalized spacial score (nSPS) is 33.5. The number of ether oxygens (including phenoxy) is 1. The van der Waals surface area contributed by atoms with E-state index >= 15 is 0 Å². The first-order chi connectivity index (χ1) is 26.8. The number of benzene rings is 2. The van der Waals surface area contributed by atoms with Gasteiger partial charge < -0.3 is 35.5 Å². The number of carbonyl (C=O) groups is 2. The molecule has 57 heavy (non-hydrogen) atoms. The zero-order valence-corrected chi connectivity index (χ0v) is 35.9. The van der Waals surface area contributed by atoms with E-state index in [1.807, 2.05) is 29.2 Å². The molecule has 13 heteroatoms. The first-order valence-electron chi connectivity index (χ1n) is 20.7. The van der Waals surface area contributed by atoms with Gasteiger partial charge in [0.05, 0.1) is 44.7 Å². The minimum absolute atomic E-state index is 0.0228. The third-order valence-electron chi connectivity index (χ3n) is 14.8. The molecule has 5 atom stereocenters. The van der Waals surface area contributed by atoms with Crippen molar-refractivity contribution in [3.05, 3.63) is 50.9 Å². The van der Waals surface area contributed by atoms with Gasteiger partial charge in [0.25, 0.3) is 0 Å². The Kier molecular flexibility index (Phi) is 9.37.